The van der Waals surface area contributed by atoms with Gasteiger partial charge in [-0.15, -0.1) is 5.10 Å². The van der Waals surface area contributed by atoms with Crippen molar-refractivity contribution in [2.45, 2.75) is 53.0 Å². The number of amides is 1. The molecule has 168 valence electrons. The summed E-state index contributed by atoms with van der Waals surface area (Å²) in [5.41, 5.74) is 8.21. The number of nitrogens with zero attached hydrogens (tertiary/aromatic N) is 4. The predicted molar refractivity (Wildman–Crippen MR) is 132 cm³/mol. The maximum atomic E-state index is 13.6. The molecule has 0 bridgehead atoms. The number of aryl methyl sites for hydroxylation is 3. The van der Waals surface area contributed by atoms with Gasteiger partial charge in [-0.2, -0.15) is 0 Å². The Morgan fingerprint density at radius 3 is 2.58 bits per heavy atom. The van der Waals surface area contributed by atoms with Crippen LogP contribution in [0.5, 0.6) is 0 Å². The fraction of sp³-hybridized carbons (Fsp3) is 0.321. The monoisotopic (exact) mass is 438 g/mol. The van der Waals surface area contributed by atoms with Crippen LogP contribution in [0.1, 0.15) is 53.5 Å². The highest BCUT2D eigenvalue weighted by Crippen LogP contribution is 2.31. The lowest BCUT2D eigenvalue weighted by Gasteiger charge is -2.36. The molecule has 3 aromatic rings. The van der Waals surface area contributed by atoms with Crippen LogP contribution < -0.4 is 0 Å². The molecular formula is C28H30N4O. The number of hydrogen-bond donors (Lipinski definition) is 0. The molecule has 1 aromatic heterocycles. The third-order valence-corrected chi connectivity index (χ3v) is 6.90. The molecule has 1 atom stereocenters. The van der Waals surface area contributed by atoms with Crippen molar-refractivity contribution in [1.82, 2.24) is 19.7 Å². The number of carbonyl (C=O) groups is 1. The van der Waals surface area contributed by atoms with E-state index in [1.807, 2.05) is 27.8 Å². The van der Waals surface area contributed by atoms with Crippen LogP contribution >= 0.6 is 0 Å². The first-order valence-corrected chi connectivity index (χ1v) is 11.7. The fourth-order valence-corrected chi connectivity index (χ4v) is 4.67. The zero-order chi connectivity index (χ0) is 23.1. The van der Waals surface area contributed by atoms with Crippen LogP contribution in [0.25, 0.3) is 17.1 Å². The molecule has 0 saturated heterocycles. The van der Waals surface area contributed by atoms with Crippen LogP contribution in [-0.2, 0) is 0 Å². The highest BCUT2D eigenvalue weighted by atomic mass is 16.2. The summed E-state index contributed by atoms with van der Waals surface area (Å²) in [6.45, 7) is 9.03. The molecule has 5 rings (SSSR count). The molecule has 5 heteroatoms. The van der Waals surface area contributed by atoms with Gasteiger partial charge in [-0.3, -0.25) is 4.79 Å². The summed E-state index contributed by atoms with van der Waals surface area (Å²) >= 11 is 0. The van der Waals surface area contributed by atoms with Crippen molar-refractivity contribution >= 4 is 5.91 Å². The molecule has 0 spiro atoms. The number of rotatable bonds is 3. The largest absolute Gasteiger partial charge is 0.329 e. The van der Waals surface area contributed by atoms with Crippen LogP contribution in [0.15, 0.2) is 65.8 Å². The van der Waals surface area contributed by atoms with Gasteiger partial charge >= 0.3 is 0 Å². The van der Waals surface area contributed by atoms with Gasteiger partial charge in [-0.25, -0.2) is 9.67 Å². The van der Waals surface area contributed by atoms with Gasteiger partial charge in [0.15, 0.2) is 5.82 Å². The third-order valence-electron chi connectivity index (χ3n) is 6.90. The van der Waals surface area contributed by atoms with E-state index in [1.54, 1.807) is 0 Å². The van der Waals surface area contributed by atoms with Gasteiger partial charge in [0.1, 0.15) is 0 Å². The summed E-state index contributed by atoms with van der Waals surface area (Å²) in [5, 5.41) is 4.75. The average molecular weight is 439 g/mol. The Hall–Kier alpha value is -3.47. The van der Waals surface area contributed by atoms with Crippen molar-refractivity contribution in [3.8, 4) is 17.1 Å². The normalized spacial score (nSPS) is 17.9. The lowest BCUT2D eigenvalue weighted by molar-refractivity contribution is 0.0684. The lowest BCUT2D eigenvalue weighted by atomic mass is 9.88. The zero-order valence-corrected chi connectivity index (χ0v) is 19.8. The second-order valence-electron chi connectivity index (χ2n) is 9.36. The summed E-state index contributed by atoms with van der Waals surface area (Å²) < 4.78 is 1.81. The van der Waals surface area contributed by atoms with Crippen LogP contribution in [0.2, 0.25) is 0 Å². The van der Waals surface area contributed by atoms with E-state index in [-0.39, 0.29) is 17.8 Å². The molecule has 0 unspecified atom stereocenters. The molecule has 2 aliphatic rings. The Morgan fingerprint density at radius 2 is 1.82 bits per heavy atom. The maximum absolute atomic E-state index is 13.6. The van der Waals surface area contributed by atoms with Crippen molar-refractivity contribution < 1.29 is 4.79 Å². The number of allylic oxidation sites excluding steroid dienone is 2. The van der Waals surface area contributed by atoms with E-state index >= 15 is 0 Å². The van der Waals surface area contributed by atoms with Crippen molar-refractivity contribution in [2.24, 2.45) is 0 Å². The van der Waals surface area contributed by atoms with Crippen LogP contribution in [0.3, 0.4) is 0 Å². The molecular weight excluding hydrogens is 408 g/mol. The number of carbonyl (C=O) groups excluding carboxylic acids is 1. The lowest BCUT2D eigenvalue weighted by Crippen LogP contribution is -2.43. The van der Waals surface area contributed by atoms with Crippen molar-refractivity contribution in [1.29, 1.82) is 0 Å². The maximum Gasteiger partial charge on any atom is 0.294 e. The third kappa shape index (κ3) is 4.04. The minimum atomic E-state index is -0.0976. The average Bonchev–Trinajstić information content (AvgIpc) is 3.26. The number of aromatic nitrogens is 3. The van der Waals surface area contributed by atoms with Crippen molar-refractivity contribution in [3.63, 3.8) is 0 Å². The second kappa shape index (κ2) is 8.47. The summed E-state index contributed by atoms with van der Waals surface area (Å²) in [4.78, 5) is 20.4. The molecule has 0 fully saturated rings. The number of hydrogen-bond acceptors (Lipinski definition) is 3. The van der Waals surface area contributed by atoms with Crippen LogP contribution in [-0.4, -0.2) is 38.2 Å². The first kappa shape index (κ1) is 21.4. The number of benzene rings is 2. The molecule has 1 amide bonds. The van der Waals surface area contributed by atoms with E-state index in [0.29, 0.717) is 12.4 Å². The van der Waals surface area contributed by atoms with E-state index < -0.39 is 0 Å². The highest BCUT2D eigenvalue weighted by Gasteiger charge is 2.31. The molecule has 0 N–H and O–H groups in total. The molecule has 1 aliphatic carbocycles. The molecule has 5 nitrogen and oxygen atoms in total. The SMILES string of the molecule is Cc1ccc(-c2nc(C(=O)N3CC4=C(C=CCC4)C[C@H]3C)nn2-c2ccc(C)c(C)c2)cc1. The summed E-state index contributed by atoms with van der Waals surface area (Å²) in [6, 6.07) is 14.6. The van der Waals surface area contributed by atoms with Gasteiger partial charge in [-0.1, -0.05) is 48.0 Å². The minimum Gasteiger partial charge on any atom is -0.329 e. The fourth-order valence-electron chi connectivity index (χ4n) is 4.67. The Balaban J connectivity index is 1.56. The van der Waals surface area contributed by atoms with Gasteiger partial charge < -0.3 is 4.90 Å². The molecule has 2 aromatic carbocycles. The predicted octanol–water partition coefficient (Wildman–Crippen LogP) is 5.74. The van der Waals surface area contributed by atoms with E-state index in [2.05, 4.69) is 64.1 Å². The minimum absolute atomic E-state index is 0.0976. The smallest absolute Gasteiger partial charge is 0.294 e. The van der Waals surface area contributed by atoms with Gasteiger partial charge in [0.2, 0.25) is 5.82 Å². The Bertz CT molecular complexity index is 1280. The van der Waals surface area contributed by atoms with Crippen molar-refractivity contribution in [3.05, 3.63) is 88.3 Å². The quantitative estimate of drug-likeness (QED) is 0.524. The van der Waals surface area contributed by atoms with E-state index in [1.165, 1.54) is 27.8 Å². The van der Waals surface area contributed by atoms with Gasteiger partial charge in [0.05, 0.1) is 5.69 Å². The van der Waals surface area contributed by atoms with Crippen molar-refractivity contribution in [2.75, 3.05) is 6.54 Å². The molecule has 33 heavy (non-hydrogen) atoms. The first-order valence-electron chi connectivity index (χ1n) is 11.7. The summed E-state index contributed by atoms with van der Waals surface area (Å²) in [7, 11) is 0. The second-order valence-corrected chi connectivity index (χ2v) is 9.36. The van der Waals surface area contributed by atoms with Crippen LogP contribution in [0, 0.1) is 20.8 Å². The summed E-state index contributed by atoms with van der Waals surface area (Å²) in [6.07, 6.45) is 7.44. The first-order chi connectivity index (χ1) is 15.9. The molecule has 2 heterocycles. The van der Waals surface area contributed by atoms with E-state index in [4.69, 9.17) is 10.1 Å². The molecule has 0 saturated carbocycles. The summed E-state index contributed by atoms with van der Waals surface area (Å²) in [5.74, 6) is 0.845. The Morgan fingerprint density at radius 1 is 1.03 bits per heavy atom. The standard InChI is InChI=1S/C28H30N4O/c1-18-9-12-22(13-10-18)27-29-26(30-32(27)25-14-11-19(2)20(3)15-25)28(33)31-17-24-8-6-5-7-23(24)16-21(31)4/h5,7,9-15,21H,6,8,16-17H2,1-4H3/t21-/m1/s1. The highest BCUT2D eigenvalue weighted by molar-refractivity contribution is 5.91. The van der Waals surface area contributed by atoms with Gasteiger partial charge in [0, 0.05) is 18.2 Å². The van der Waals surface area contributed by atoms with Gasteiger partial charge in [0.25, 0.3) is 5.91 Å². The zero-order valence-electron chi connectivity index (χ0n) is 19.8. The van der Waals surface area contributed by atoms with Crippen LogP contribution in [0.4, 0.5) is 0 Å². The molecule has 0 radical (unpaired) electrons. The van der Waals surface area contributed by atoms with Gasteiger partial charge in [-0.05, 0) is 81.4 Å². The Labute approximate surface area is 195 Å². The van der Waals surface area contributed by atoms with E-state index in [0.717, 1.165) is 30.5 Å². The topological polar surface area (TPSA) is 51.0 Å². The Kier molecular flexibility index (Phi) is 5.49. The molecule has 1 aliphatic heterocycles. The van der Waals surface area contributed by atoms with E-state index in [9.17, 15) is 4.79 Å².